The van der Waals surface area contributed by atoms with Crippen LogP contribution in [0.5, 0.6) is 0 Å². The Morgan fingerprint density at radius 2 is 1.87 bits per heavy atom. The second kappa shape index (κ2) is 6.60. The van der Waals surface area contributed by atoms with Crippen molar-refractivity contribution in [1.29, 1.82) is 0 Å². The van der Waals surface area contributed by atoms with Gasteiger partial charge in [-0.25, -0.2) is 9.13 Å². The Kier molecular flexibility index (Phi) is 4.55. The lowest BCUT2D eigenvalue weighted by molar-refractivity contribution is -0.666. The lowest BCUT2D eigenvalue weighted by atomic mass is 10.1. The van der Waals surface area contributed by atoms with Gasteiger partial charge in [-0.1, -0.05) is 42.8 Å². The Hall–Kier alpha value is -2.04. The van der Waals surface area contributed by atoms with Crippen molar-refractivity contribution in [2.75, 3.05) is 5.73 Å². The van der Waals surface area contributed by atoms with Crippen LogP contribution in [0.15, 0.2) is 48.5 Å². The second-order valence-corrected chi connectivity index (χ2v) is 6.11. The number of halogens is 1. The summed E-state index contributed by atoms with van der Waals surface area (Å²) in [5.41, 5.74) is 9.30. The minimum Gasteiger partial charge on any atom is -0.385 e. The summed E-state index contributed by atoms with van der Waals surface area (Å²) in [5.74, 6) is 0.668. The zero-order valence-corrected chi connectivity index (χ0v) is 13.9. The molecule has 0 amide bonds. The van der Waals surface area contributed by atoms with Crippen LogP contribution in [0.2, 0.25) is 5.02 Å². The molecule has 0 fully saturated rings. The number of nitrogens with two attached hydrogens (primary N) is 1. The molecule has 1 unspecified atom stereocenters. The number of nitrogen functional groups attached to an aromatic ring is 1. The third-order valence-electron chi connectivity index (χ3n) is 4.07. The highest BCUT2D eigenvalue weighted by Gasteiger charge is 2.22. The standard InChI is InChI=1S/C18H20ClN3O/c1-2-11-21-15-5-3-4-6-16(15)22(18(21)20)12-17(23)13-7-9-14(19)10-8-13/h3-10,17,20,23H,2,11-12H2,1H3/p+1. The molecule has 4 nitrogen and oxygen atoms in total. The summed E-state index contributed by atoms with van der Waals surface area (Å²) in [4.78, 5) is 0. The molecule has 1 atom stereocenters. The quantitative estimate of drug-likeness (QED) is 0.705. The lowest BCUT2D eigenvalue weighted by Gasteiger charge is -2.10. The van der Waals surface area contributed by atoms with Gasteiger partial charge < -0.3 is 5.11 Å². The maximum atomic E-state index is 10.6. The first-order valence-corrected chi connectivity index (χ1v) is 8.19. The molecule has 1 aromatic heterocycles. The maximum Gasteiger partial charge on any atom is 0.356 e. The number of nitrogens with zero attached hydrogens (tertiary/aromatic N) is 2. The molecule has 0 saturated carbocycles. The van der Waals surface area contributed by atoms with Crippen molar-refractivity contribution in [1.82, 2.24) is 4.57 Å². The molecule has 0 spiro atoms. The van der Waals surface area contributed by atoms with Crippen molar-refractivity contribution in [2.45, 2.75) is 32.5 Å². The second-order valence-electron chi connectivity index (χ2n) is 5.68. The number of imidazole rings is 1. The van der Waals surface area contributed by atoms with Crippen LogP contribution in [-0.2, 0) is 13.1 Å². The summed E-state index contributed by atoms with van der Waals surface area (Å²) in [6.07, 6.45) is 0.364. The van der Waals surface area contributed by atoms with Crippen molar-refractivity contribution < 1.29 is 9.67 Å². The van der Waals surface area contributed by atoms with Crippen molar-refractivity contribution in [3.05, 3.63) is 59.1 Å². The molecular weight excluding hydrogens is 310 g/mol. The average Bonchev–Trinajstić information content (AvgIpc) is 2.82. The molecule has 2 aromatic carbocycles. The van der Waals surface area contributed by atoms with E-state index in [2.05, 4.69) is 17.6 Å². The van der Waals surface area contributed by atoms with Crippen molar-refractivity contribution in [2.24, 2.45) is 0 Å². The van der Waals surface area contributed by atoms with E-state index in [4.69, 9.17) is 17.3 Å². The molecule has 0 radical (unpaired) electrons. The van der Waals surface area contributed by atoms with Gasteiger partial charge >= 0.3 is 5.95 Å². The molecule has 120 valence electrons. The van der Waals surface area contributed by atoms with Crippen LogP contribution in [0.3, 0.4) is 0 Å². The van der Waals surface area contributed by atoms with Gasteiger partial charge in [-0.3, -0.25) is 5.73 Å². The van der Waals surface area contributed by atoms with E-state index < -0.39 is 6.10 Å². The summed E-state index contributed by atoms with van der Waals surface area (Å²) in [6, 6.07) is 15.4. The van der Waals surface area contributed by atoms with Crippen LogP contribution in [0.4, 0.5) is 5.95 Å². The van der Waals surface area contributed by atoms with Crippen LogP contribution < -0.4 is 10.3 Å². The Bertz CT molecular complexity index is 811. The Morgan fingerprint density at radius 1 is 1.17 bits per heavy atom. The van der Waals surface area contributed by atoms with Gasteiger partial charge in [0, 0.05) is 5.02 Å². The summed E-state index contributed by atoms with van der Waals surface area (Å²) < 4.78 is 4.08. The summed E-state index contributed by atoms with van der Waals surface area (Å²) in [5, 5.41) is 11.2. The highest BCUT2D eigenvalue weighted by Crippen LogP contribution is 2.20. The largest absolute Gasteiger partial charge is 0.385 e. The lowest BCUT2D eigenvalue weighted by Crippen LogP contribution is -2.39. The fourth-order valence-corrected chi connectivity index (χ4v) is 3.05. The van der Waals surface area contributed by atoms with E-state index in [1.165, 1.54) is 0 Å². The molecule has 0 aliphatic heterocycles. The van der Waals surface area contributed by atoms with Gasteiger partial charge in [-0.05, 0) is 36.2 Å². The SMILES string of the molecule is CCCn1c(N)[n+](CC(O)c2ccc(Cl)cc2)c2ccccc21. The van der Waals surface area contributed by atoms with E-state index >= 15 is 0 Å². The monoisotopic (exact) mass is 330 g/mol. The number of benzene rings is 2. The highest BCUT2D eigenvalue weighted by atomic mass is 35.5. The zero-order chi connectivity index (χ0) is 16.4. The molecule has 3 aromatic rings. The first kappa shape index (κ1) is 15.8. The van der Waals surface area contributed by atoms with Gasteiger partial charge in [-0.15, -0.1) is 0 Å². The van der Waals surface area contributed by atoms with E-state index in [1.807, 2.05) is 34.9 Å². The van der Waals surface area contributed by atoms with Crippen LogP contribution in [0.25, 0.3) is 11.0 Å². The normalized spacial score (nSPS) is 12.7. The molecule has 23 heavy (non-hydrogen) atoms. The van der Waals surface area contributed by atoms with Gasteiger partial charge in [0.15, 0.2) is 0 Å². The Morgan fingerprint density at radius 3 is 2.57 bits per heavy atom. The fraction of sp³-hybridized carbons (Fsp3) is 0.278. The van der Waals surface area contributed by atoms with E-state index in [-0.39, 0.29) is 0 Å². The van der Waals surface area contributed by atoms with Crippen molar-refractivity contribution in [3.63, 3.8) is 0 Å². The van der Waals surface area contributed by atoms with Crippen LogP contribution in [0, 0.1) is 0 Å². The Labute approximate surface area is 140 Å². The molecule has 0 aliphatic carbocycles. The first-order valence-electron chi connectivity index (χ1n) is 7.82. The summed E-state index contributed by atoms with van der Waals surface area (Å²) in [7, 11) is 0. The predicted octanol–water partition coefficient (Wildman–Crippen LogP) is 3.31. The minimum atomic E-state index is -0.638. The number of para-hydroxylation sites is 2. The van der Waals surface area contributed by atoms with E-state index in [1.54, 1.807) is 12.1 Å². The number of aliphatic hydroxyl groups excluding tert-OH is 1. The summed E-state index contributed by atoms with van der Waals surface area (Å²) >= 11 is 5.91. The third-order valence-corrected chi connectivity index (χ3v) is 4.33. The van der Waals surface area contributed by atoms with Gasteiger partial charge in [0.05, 0.1) is 6.54 Å². The topological polar surface area (TPSA) is 55.1 Å². The minimum absolute atomic E-state index is 0.407. The van der Waals surface area contributed by atoms with Crippen molar-refractivity contribution in [3.8, 4) is 0 Å². The van der Waals surface area contributed by atoms with Gasteiger partial charge in [-0.2, -0.15) is 0 Å². The van der Waals surface area contributed by atoms with E-state index in [0.717, 1.165) is 29.6 Å². The smallest absolute Gasteiger partial charge is 0.356 e. The number of fused-ring (bicyclic) bond motifs is 1. The fourth-order valence-electron chi connectivity index (χ4n) is 2.93. The summed E-state index contributed by atoms with van der Waals surface area (Å²) in [6.45, 7) is 3.39. The molecule has 3 N–H and O–H groups in total. The van der Waals surface area contributed by atoms with Crippen LogP contribution >= 0.6 is 11.6 Å². The van der Waals surface area contributed by atoms with Crippen LogP contribution in [0.1, 0.15) is 25.0 Å². The van der Waals surface area contributed by atoms with E-state index in [0.29, 0.717) is 17.5 Å². The van der Waals surface area contributed by atoms with Gasteiger partial charge in [0.2, 0.25) is 0 Å². The maximum absolute atomic E-state index is 10.6. The number of hydrogen-bond donors (Lipinski definition) is 2. The molecule has 0 saturated heterocycles. The molecule has 0 bridgehead atoms. The average molecular weight is 331 g/mol. The Balaban J connectivity index is 1.99. The molecular formula is C18H21ClN3O+. The molecule has 5 heteroatoms. The first-order chi connectivity index (χ1) is 11.1. The van der Waals surface area contributed by atoms with E-state index in [9.17, 15) is 5.11 Å². The number of aryl methyl sites for hydroxylation is 1. The number of rotatable bonds is 5. The molecule has 3 rings (SSSR count). The third kappa shape index (κ3) is 3.05. The number of aromatic nitrogens is 2. The predicted molar refractivity (Wildman–Crippen MR) is 93.2 cm³/mol. The number of hydrogen-bond acceptors (Lipinski definition) is 2. The molecule has 1 heterocycles. The van der Waals surface area contributed by atoms with Crippen molar-refractivity contribution >= 4 is 28.6 Å². The van der Waals surface area contributed by atoms with Gasteiger partial charge in [0.1, 0.15) is 23.7 Å². The number of aliphatic hydroxyl groups is 1. The molecule has 0 aliphatic rings. The van der Waals surface area contributed by atoms with Crippen LogP contribution in [-0.4, -0.2) is 9.67 Å². The highest BCUT2D eigenvalue weighted by molar-refractivity contribution is 6.30. The van der Waals surface area contributed by atoms with Gasteiger partial charge in [0.25, 0.3) is 0 Å². The number of anilines is 1. The zero-order valence-electron chi connectivity index (χ0n) is 13.1.